The molecule has 2 atom stereocenters. The zero-order valence-electron chi connectivity index (χ0n) is 11.6. The first-order valence-corrected chi connectivity index (χ1v) is 8.80. The average molecular weight is 356 g/mol. The highest BCUT2D eigenvalue weighted by Crippen LogP contribution is 2.29. The Hall–Kier alpha value is -0.400. The molecule has 1 aliphatic rings. The highest BCUT2D eigenvalue weighted by Gasteiger charge is 2.34. The van der Waals surface area contributed by atoms with E-state index in [1.807, 2.05) is 0 Å². The van der Waals surface area contributed by atoms with Crippen molar-refractivity contribution in [2.75, 3.05) is 13.2 Å². The Bertz CT molecular complexity index is 639. The summed E-state index contributed by atoms with van der Waals surface area (Å²) in [5.41, 5.74) is 0.255. The van der Waals surface area contributed by atoms with Gasteiger partial charge < -0.3 is 4.74 Å². The lowest BCUT2D eigenvalue weighted by molar-refractivity contribution is -0.0170. The summed E-state index contributed by atoms with van der Waals surface area (Å²) in [6, 6.07) is 1.94. The van der Waals surface area contributed by atoms with E-state index in [0.29, 0.717) is 6.61 Å². The number of sulfonamides is 1. The molecule has 1 aromatic carbocycles. The Morgan fingerprint density at radius 2 is 2.10 bits per heavy atom. The van der Waals surface area contributed by atoms with Crippen LogP contribution in [0, 0.1) is 5.82 Å². The van der Waals surface area contributed by atoms with Crippen molar-refractivity contribution < 1.29 is 17.5 Å². The molecule has 8 heteroatoms. The molecule has 0 aromatic heterocycles. The summed E-state index contributed by atoms with van der Waals surface area (Å²) in [5.74, 6) is -0.851. The van der Waals surface area contributed by atoms with Crippen LogP contribution in [0.1, 0.15) is 19.4 Å². The van der Waals surface area contributed by atoms with Crippen LogP contribution in [0.15, 0.2) is 17.0 Å². The maximum absolute atomic E-state index is 13.8. The Morgan fingerprint density at radius 3 is 2.71 bits per heavy atom. The molecule has 4 nitrogen and oxygen atoms in total. The zero-order chi connectivity index (χ0) is 15.8. The highest BCUT2D eigenvalue weighted by atomic mass is 35.5. The van der Waals surface area contributed by atoms with E-state index in [4.69, 9.17) is 27.9 Å². The third kappa shape index (κ3) is 3.35. The van der Waals surface area contributed by atoms with Gasteiger partial charge in [-0.1, -0.05) is 11.6 Å². The first-order valence-electron chi connectivity index (χ1n) is 6.44. The van der Waals surface area contributed by atoms with Crippen molar-refractivity contribution in [3.8, 4) is 0 Å². The van der Waals surface area contributed by atoms with Crippen LogP contribution in [0.25, 0.3) is 0 Å². The smallest absolute Gasteiger partial charge is 0.243 e. The first-order chi connectivity index (χ1) is 9.77. The number of halogens is 3. The highest BCUT2D eigenvalue weighted by molar-refractivity contribution is 7.89. The van der Waals surface area contributed by atoms with Gasteiger partial charge in [0.05, 0.1) is 22.6 Å². The van der Waals surface area contributed by atoms with Crippen LogP contribution in [-0.2, 0) is 20.6 Å². The molecule has 2 unspecified atom stereocenters. The molecule has 21 heavy (non-hydrogen) atoms. The number of nitrogens with zero attached hydrogens (tertiary/aromatic N) is 1. The standard InChI is InChI=1S/C13H16Cl2FNO3S/c1-8-7-20-9(2)6-17(8)21(18,19)11-3-10(5-14)13(15)12(16)4-11/h3-4,8-9H,5-7H2,1-2H3. The van der Waals surface area contributed by atoms with Gasteiger partial charge >= 0.3 is 0 Å². The van der Waals surface area contributed by atoms with Crippen LogP contribution in [0.2, 0.25) is 5.02 Å². The summed E-state index contributed by atoms with van der Waals surface area (Å²) in [5, 5.41) is -0.146. The molecule has 0 amide bonds. The maximum Gasteiger partial charge on any atom is 0.243 e. The molecule has 0 radical (unpaired) electrons. The second kappa shape index (κ2) is 6.38. The van der Waals surface area contributed by atoms with Crippen molar-refractivity contribution in [1.82, 2.24) is 4.31 Å². The molecule has 1 aromatic rings. The zero-order valence-corrected chi connectivity index (χ0v) is 14.0. The van der Waals surface area contributed by atoms with Crippen LogP contribution >= 0.6 is 23.2 Å². The number of morpholine rings is 1. The predicted molar refractivity (Wildman–Crippen MR) is 79.7 cm³/mol. The van der Waals surface area contributed by atoms with Gasteiger partial charge in [0.15, 0.2) is 0 Å². The average Bonchev–Trinajstić information content (AvgIpc) is 2.44. The minimum Gasteiger partial charge on any atom is -0.375 e. The van der Waals surface area contributed by atoms with E-state index >= 15 is 0 Å². The first kappa shape index (κ1) is 17.0. The fourth-order valence-electron chi connectivity index (χ4n) is 2.21. The topological polar surface area (TPSA) is 46.6 Å². The van der Waals surface area contributed by atoms with Gasteiger partial charge in [-0.15, -0.1) is 11.6 Å². The van der Waals surface area contributed by atoms with Crippen molar-refractivity contribution in [1.29, 1.82) is 0 Å². The summed E-state index contributed by atoms with van der Waals surface area (Å²) in [6.45, 7) is 4.07. The van der Waals surface area contributed by atoms with Crippen LogP contribution in [-0.4, -0.2) is 38.0 Å². The summed E-state index contributed by atoms with van der Waals surface area (Å²) >= 11 is 11.4. The van der Waals surface area contributed by atoms with E-state index in [0.717, 1.165) is 6.07 Å². The summed E-state index contributed by atoms with van der Waals surface area (Å²) < 4.78 is 45.9. The Morgan fingerprint density at radius 1 is 1.43 bits per heavy atom. The molecule has 0 saturated carbocycles. The van der Waals surface area contributed by atoms with E-state index in [1.165, 1.54) is 10.4 Å². The normalized spacial score (nSPS) is 24.2. The van der Waals surface area contributed by atoms with Crippen LogP contribution in [0.5, 0.6) is 0 Å². The van der Waals surface area contributed by atoms with Crippen molar-refractivity contribution in [2.45, 2.75) is 36.8 Å². The Balaban J connectivity index is 2.46. The van der Waals surface area contributed by atoms with E-state index in [2.05, 4.69) is 0 Å². The van der Waals surface area contributed by atoms with E-state index in [-0.39, 0.29) is 40.1 Å². The lowest BCUT2D eigenvalue weighted by Gasteiger charge is -2.35. The fourth-order valence-corrected chi connectivity index (χ4v) is 4.42. The number of hydrogen-bond donors (Lipinski definition) is 0. The molecule has 1 fully saturated rings. The SMILES string of the molecule is CC1CN(S(=O)(=O)c2cc(F)c(Cl)c(CCl)c2)C(C)CO1. The van der Waals surface area contributed by atoms with Gasteiger partial charge in [-0.25, -0.2) is 12.8 Å². The molecule has 0 aliphatic carbocycles. The van der Waals surface area contributed by atoms with Gasteiger partial charge in [0.2, 0.25) is 10.0 Å². The molecule has 0 bridgehead atoms. The number of benzene rings is 1. The Kier molecular flexibility index (Phi) is 5.15. The van der Waals surface area contributed by atoms with E-state index < -0.39 is 15.8 Å². The quantitative estimate of drug-likeness (QED) is 0.783. The van der Waals surface area contributed by atoms with Crippen molar-refractivity contribution in [3.05, 3.63) is 28.5 Å². The van der Waals surface area contributed by atoms with Crippen LogP contribution in [0.4, 0.5) is 4.39 Å². The third-order valence-electron chi connectivity index (χ3n) is 3.38. The van der Waals surface area contributed by atoms with E-state index in [1.54, 1.807) is 13.8 Å². The minimum atomic E-state index is -3.82. The van der Waals surface area contributed by atoms with E-state index in [9.17, 15) is 12.8 Å². The van der Waals surface area contributed by atoms with Crippen molar-refractivity contribution >= 4 is 33.2 Å². The predicted octanol–water partition coefficient (Wildman–Crippen LogP) is 3.02. The van der Waals surface area contributed by atoms with Gasteiger partial charge in [-0.2, -0.15) is 4.31 Å². The molecule has 118 valence electrons. The molecular weight excluding hydrogens is 340 g/mol. The molecule has 1 aliphatic heterocycles. The second-order valence-electron chi connectivity index (χ2n) is 5.08. The maximum atomic E-state index is 13.8. The van der Waals surface area contributed by atoms with Gasteiger partial charge in [-0.3, -0.25) is 0 Å². The number of ether oxygens (including phenoxy) is 1. The molecule has 0 N–H and O–H groups in total. The van der Waals surface area contributed by atoms with Gasteiger partial charge in [0, 0.05) is 18.5 Å². The molecule has 2 rings (SSSR count). The summed E-state index contributed by atoms with van der Waals surface area (Å²) in [6.07, 6.45) is -0.208. The molecule has 1 saturated heterocycles. The summed E-state index contributed by atoms with van der Waals surface area (Å²) in [7, 11) is -3.82. The molecular formula is C13H16Cl2FNO3S. The van der Waals surface area contributed by atoms with Crippen molar-refractivity contribution in [2.24, 2.45) is 0 Å². The molecule has 0 spiro atoms. The Labute approximate surface area is 133 Å². The van der Waals surface area contributed by atoms with Crippen LogP contribution in [0.3, 0.4) is 0 Å². The number of alkyl halides is 1. The largest absolute Gasteiger partial charge is 0.375 e. The molecule has 1 heterocycles. The van der Waals surface area contributed by atoms with Crippen molar-refractivity contribution in [3.63, 3.8) is 0 Å². The number of hydrogen-bond acceptors (Lipinski definition) is 3. The lowest BCUT2D eigenvalue weighted by Crippen LogP contribution is -2.50. The third-order valence-corrected chi connectivity index (χ3v) is 6.05. The van der Waals surface area contributed by atoms with Gasteiger partial charge in [0.1, 0.15) is 5.82 Å². The van der Waals surface area contributed by atoms with Crippen LogP contribution < -0.4 is 0 Å². The van der Waals surface area contributed by atoms with Gasteiger partial charge in [-0.05, 0) is 31.5 Å². The van der Waals surface area contributed by atoms with Gasteiger partial charge in [0.25, 0.3) is 0 Å². The fraction of sp³-hybridized carbons (Fsp3) is 0.538. The minimum absolute atomic E-state index is 0.0613. The summed E-state index contributed by atoms with van der Waals surface area (Å²) in [4.78, 5) is -0.138. The lowest BCUT2D eigenvalue weighted by atomic mass is 10.2. The monoisotopic (exact) mass is 355 g/mol. The second-order valence-corrected chi connectivity index (χ2v) is 7.62. The number of rotatable bonds is 3.